The molecule has 24 heavy (non-hydrogen) atoms. The number of aryl methyl sites for hydroxylation is 1. The third-order valence-corrected chi connectivity index (χ3v) is 3.32. The first-order valence-electron chi connectivity index (χ1n) is 7.92. The van der Waals surface area contributed by atoms with Crippen LogP contribution < -0.4 is 10.6 Å². The molecule has 0 saturated carbocycles. The van der Waals surface area contributed by atoms with Crippen molar-refractivity contribution >= 4 is 23.4 Å². The first-order chi connectivity index (χ1) is 11.6. The van der Waals surface area contributed by atoms with Gasteiger partial charge in [-0.05, 0) is 25.5 Å². The summed E-state index contributed by atoms with van der Waals surface area (Å²) in [6, 6.07) is 10.5. The largest absolute Gasteiger partial charge is 0.360 e. The number of anilines is 2. The molecule has 128 valence electrons. The van der Waals surface area contributed by atoms with Gasteiger partial charge in [0.1, 0.15) is 12.3 Å². The van der Waals surface area contributed by atoms with Gasteiger partial charge < -0.3 is 20.1 Å². The number of benzene rings is 1. The molecule has 1 heterocycles. The Morgan fingerprint density at radius 1 is 1.21 bits per heavy atom. The van der Waals surface area contributed by atoms with Crippen LogP contribution in [0.15, 0.2) is 40.9 Å². The van der Waals surface area contributed by atoms with Crippen molar-refractivity contribution in [3.8, 4) is 0 Å². The molecule has 0 aliphatic carbocycles. The first kappa shape index (κ1) is 17.5. The Balaban J connectivity index is 1.96. The molecule has 0 radical (unpaired) electrons. The van der Waals surface area contributed by atoms with Crippen molar-refractivity contribution in [2.24, 2.45) is 0 Å². The minimum Gasteiger partial charge on any atom is -0.360 e. The quantitative estimate of drug-likeness (QED) is 0.815. The standard InChI is InChI=1S/C17H22N4O3/c1-3-4-10-21(17(23)18-14-8-6-5-7-9-14)12-16(22)19-15-11-13(2)24-20-15/h5-9,11H,3-4,10,12H2,1-2H3,(H,18,23)(H,19,20,22). The van der Waals surface area contributed by atoms with Crippen LogP contribution in [0, 0.1) is 6.92 Å². The van der Waals surface area contributed by atoms with Gasteiger partial charge in [0.15, 0.2) is 5.82 Å². The lowest BCUT2D eigenvalue weighted by Gasteiger charge is -2.22. The molecule has 0 spiro atoms. The van der Waals surface area contributed by atoms with Gasteiger partial charge in [0.05, 0.1) is 0 Å². The maximum atomic E-state index is 12.4. The highest BCUT2D eigenvalue weighted by atomic mass is 16.5. The molecular formula is C17H22N4O3. The third kappa shape index (κ3) is 5.42. The maximum absolute atomic E-state index is 12.4. The molecule has 0 fully saturated rings. The number of hydrogen-bond acceptors (Lipinski definition) is 4. The van der Waals surface area contributed by atoms with Crippen molar-refractivity contribution < 1.29 is 14.1 Å². The van der Waals surface area contributed by atoms with E-state index in [0.717, 1.165) is 12.8 Å². The van der Waals surface area contributed by atoms with Crippen molar-refractivity contribution in [2.45, 2.75) is 26.7 Å². The van der Waals surface area contributed by atoms with E-state index in [1.165, 1.54) is 4.90 Å². The molecule has 7 nitrogen and oxygen atoms in total. The molecular weight excluding hydrogens is 308 g/mol. The zero-order valence-corrected chi connectivity index (χ0v) is 13.9. The zero-order chi connectivity index (χ0) is 17.4. The summed E-state index contributed by atoms with van der Waals surface area (Å²) in [5, 5.41) is 9.13. The van der Waals surface area contributed by atoms with Gasteiger partial charge in [-0.3, -0.25) is 4.79 Å². The molecule has 2 rings (SSSR count). The van der Waals surface area contributed by atoms with E-state index in [4.69, 9.17) is 4.52 Å². The number of urea groups is 1. The summed E-state index contributed by atoms with van der Waals surface area (Å²) < 4.78 is 4.90. The summed E-state index contributed by atoms with van der Waals surface area (Å²) in [4.78, 5) is 26.0. The molecule has 0 saturated heterocycles. The summed E-state index contributed by atoms with van der Waals surface area (Å²) in [7, 11) is 0. The SMILES string of the molecule is CCCCN(CC(=O)Nc1cc(C)on1)C(=O)Nc1ccccc1. The number of hydrogen-bond donors (Lipinski definition) is 2. The first-order valence-corrected chi connectivity index (χ1v) is 7.92. The Labute approximate surface area is 141 Å². The molecule has 1 aromatic heterocycles. The molecule has 2 aromatic rings. The van der Waals surface area contributed by atoms with Gasteiger partial charge in [-0.2, -0.15) is 0 Å². The summed E-state index contributed by atoms with van der Waals surface area (Å²) in [5.41, 5.74) is 0.691. The van der Waals surface area contributed by atoms with Gasteiger partial charge in [0.2, 0.25) is 5.91 Å². The zero-order valence-electron chi connectivity index (χ0n) is 13.9. The maximum Gasteiger partial charge on any atom is 0.322 e. The van der Waals surface area contributed by atoms with Crippen LogP contribution in [-0.2, 0) is 4.79 Å². The molecule has 0 bridgehead atoms. The Bertz CT molecular complexity index is 669. The Hall–Kier alpha value is -2.83. The number of carbonyl (C=O) groups is 2. The molecule has 0 aliphatic heterocycles. The molecule has 2 N–H and O–H groups in total. The Morgan fingerprint density at radius 2 is 1.96 bits per heavy atom. The molecule has 3 amide bonds. The van der Waals surface area contributed by atoms with Gasteiger partial charge in [-0.1, -0.05) is 36.7 Å². The van der Waals surface area contributed by atoms with E-state index >= 15 is 0 Å². The van der Waals surface area contributed by atoms with Gasteiger partial charge in [0.25, 0.3) is 0 Å². The van der Waals surface area contributed by atoms with Crippen LogP contribution >= 0.6 is 0 Å². The molecule has 1 aromatic carbocycles. The third-order valence-electron chi connectivity index (χ3n) is 3.32. The predicted octanol–water partition coefficient (Wildman–Crippen LogP) is 3.26. The van der Waals surface area contributed by atoms with Gasteiger partial charge in [-0.25, -0.2) is 4.79 Å². The fraction of sp³-hybridized carbons (Fsp3) is 0.353. The predicted molar refractivity (Wildman–Crippen MR) is 91.8 cm³/mol. The smallest absolute Gasteiger partial charge is 0.322 e. The van der Waals surface area contributed by atoms with Crippen molar-refractivity contribution in [3.63, 3.8) is 0 Å². The second-order valence-electron chi connectivity index (χ2n) is 5.44. The topological polar surface area (TPSA) is 87.5 Å². The van der Waals surface area contributed by atoms with E-state index < -0.39 is 0 Å². The number of amides is 3. The molecule has 0 atom stereocenters. The summed E-state index contributed by atoms with van der Waals surface area (Å²) >= 11 is 0. The van der Waals surface area contributed by atoms with Gasteiger partial charge in [-0.15, -0.1) is 0 Å². The van der Waals surface area contributed by atoms with E-state index in [1.807, 2.05) is 25.1 Å². The number of carbonyl (C=O) groups excluding carboxylic acids is 2. The number of nitrogens with one attached hydrogen (secondary N) is 2. The monoisotopic (exact) mass is 330 g/mol. The summed E-state index contributed by atoms with van der Waals surface area (Å²) in [5.74, 6) is 0.633. The summed E-state index contributed by atoms with van der Waals surface area (Å²) in [6.07, 6.45) is 1.75. The average molecular weight is 330 g/mol. The highest BCUT2D eigenvalue weighted by Gasteiger charge is 2.17. The number of rotatable bonds is 7. The van der Waals surface area contributed by atoms with E-state index in [0.29, 0.717) is 23.8 Å². The number of para-hydroxylation sites is 1. The van der Waals surface area contributed by atoms with Crippen molar-refractivity contribution in [1.82, 2.24) is 10.1 Å². The van der Waals surface area contributed by atoms with E-state index in [2.05, 4.69) is 15.8 Å². The van der Waals surface area contributed by atoms with Crippen molar-refractivity contribution in [3.05, 3.63) is 42.2 Å². The lowest BCUT2D eigenvalue weighted by Crippen LogP contribution is -2.41. The minimum atomic E-state index is -0.317. The fourth-order valence-corrected chi connectivity index (χ4v) is 2.11. The van der Waals surface area contributed by atoms with E-state index in [9.17, 15) is 9.59 Å². The van der Waals surface area contributed by atoms with Crippen molar-refractivity contribution in [2.75, 3.05) is 23.7 Å². The van der Waals surface area contributed by atoms with Crippen LogP contribution in [0.3, 0.4) is 0 Å². The Kier molecular flexibility index (Phi) is 6.36. The second-order valence-corrected chi connectivity index (χ2v) is 5.44. The molecule has 0 aliphatic rings. The van der Waals surface area contributed by atoms with E-state index in [1.54, 1.807) is 25.1 Å². The van der Waals surface area contributed by atoms with Crippen LogP contribution in [0.25, 0.3) is 0 Å². The van der Waals surface area contributed by atoms with Crippen LogP contribution in [0.2, 0.25) is 0 Å². The van der Waals surface area contributed by atoms with Crippen LogP contribution in [0.4, 0.5) is 16.3 Å². The highest BCUT2D eigenvalue weighted by Crippen LogP contribution is 2.09. The fourth-order valence-electron chi connectivity index (χ4n) is 2.11. The minimum absolute atomic E-state index is 0.0510. The van der Waals surface area contributed by atoms with Crippen LogP contribution in [0.5, 0.6) is 0 Å². The second kappa shape index (κ2) is 8.71. The molecule has 7 heteroatoms. The summed E-state index contributed by atoms with van der Waals surface area (Å²) in [6.45, 7) is 4.22. The van der Waals surface area contributed by atoms with Crippen LogP contribution in [0.1, 0.15) is 25.5 Å². The Morgan fingerprint density at radius 3 is 2.58 bits per heavy atom. The van der Waals surface area contributed by atoms with Crippen molar-refractivity contribution in [1.29, 1.82) is 0 Å². The normalized spacial score (nSPS) is 10.2. The highest BCUT2D eigenvalue weighted by molar-refractivity contribution is 5.96. The lowest BCUT2D eigenvalue weighted by molar-refractivity contribution is -0.116. The number of unbranched alkanes of at least 4 members (excludes halogenated alkanes) is 1. The van der Waals surface area contributed by atoms with Crippen LogP contribution in [-0.4, -0.2) is 35.1 Å². The van der Waals surface area contributed by atoms with Gasteiger partial charge in [0, 0.05) is 18.3 Å². The van der Waals surface area contributed by atoms with E-state index in [-0.39, 0.29) is 18.5 Å². The lowest BCUT2D eigenvalue weighted by atomic mass is 10.3. The van der Waals surface area contributed by atoms with Gasteiger partial charge >= 0.3 is 6.03 Å². The number of nitrogens with zero attached hydrogens (tertiary/aromatic N) is 2. The number of aromatic nitrogens is 1. The molecule has 0 unspecified atom stereocenters. The average Bonchev–Trinajstić information content (AvgIpc) is 2.97.